The SMILES string of the molecule is CCOc1ccc2c(c1)Oc1nnc(N3CCN(C)CC3)cc1N2C. The Hall–Kier alpha value is -2.54. The zero-order chi connectivity index (χ0) is 17.4. The fourth-order valence-corrected chi connectivity index (χ4v) is 3.21. The summed E-state index contributed by atoms with van der Waals surface area (Å²) >= 11 is 0. The Kier molecular flexibility index (Phi) is 4.09. The zero-order valence-electron chi connectivity index (χ0n) is 14.9. The smallest absolute Gasteiger partial charge is 0.263 e. The van der Waals surface area contributed by atoms with Crippen molar-refractivity contribution in [2.75, 3.05) is 56.7 Å². The standard InChI is InChI=1S/C18H23N5O2/c1-4-24-13-5-6-14-16(11-13)25-18-15(22(14)3)12-17(19-20-18)23-9-7-21(2)8-10-23/h5-6,11-12H,4,7-10H2,1-3H3. The van der Waals surface area contributed by atoms with Crippen LogP contribution in [0.5, 0.6) is 17.4 Å². The van der Waals surface area contributed by atoms with E-state index in [9.17, 15) is 0 Å². The second-order valence-corrected chi connectivity index (χ2v) is 6.41. The Balaban J connectivity index is 1.62. The molecule has 132 valence electrons. The molecular formula is C18H23N5O2. The molecule has 7 nitrogen and oxygen atoms in total. The fourth-order valence-electron chi connectivity index (χ4n) is 3.21. The molecule has 0 amide bonds. The molecule has 1 aromatic heterocycles. The first-order valence-corrected chi connectivity index (χ1v) is 8.65. The average molecular weight is 341 g/mol. The predicted octanol–water partition coefficient (Wildman–Crippen LogP) is 2.50. The van der Waals surface area contributed by atoms with E-state index in [0.717, 1.165) is 54.9 Å². The van der Waals surface area contributed by atoms with Gasteiger partial charge in [0.2, 0.25) is 0 Å². The lowest BCUT2D eigenvalue weighted by Crippen LogP contribution is -2.45. The monoisotopic (exact) mass is 341 g/mol. The Morgan fingerprint density at radius 2 is 1.84 bits per heavy atom. The lowest BCUT2D eigenvalue weighted by molar-refractivity contribution is 0.311. The van der Waals surface area contributed by atoms with Gasteiger partial charge in [0.05, 0.1) is 12.3 Å². The van der Waals surface area contributed by atoms with E-state index in [2.05, 4.69) is 38.0 Å². The van der Waals surface area contributed by atoms with Crippen LogP contribution in [0.15, 0.2) is 24.3 Å². The van der Waals surface area contributed by atoms with Gasteiger partial charge in [-0.3, -0.25) is 0 Å². The summed E-state index contributed by atoms with van der Waals surface area (Å²) < 4.78 is 11.5. The van der Waals surface area contributed by atoms with E-state index in [1.807, 2.05) is 32.2 Å². The highest BCUT2D eigenvalue weighted by Crippen LogP contribution is 2.46. The fraction of sp³-hybridized carbons (Fsp3) is 0.444. The van der Waals surface area contributed by atoms with Gasteiger partial charge in [0.1, 0.15) is 11.4 Å². The van der Waals surface area contributed by atoms with Crippen LogP contribution in [0.2, 0.25) is 0 Å². The summed E-state index contributed by atoms with van der Waals surface area (Å²) in [7, 11) is 4.17. The van der Waals surface area contributed by atoms with Gasteiger partial charge in [0, 0.05) is 45.4 Å². The molecule has 7 heteroatoms. The number of anilines is 3. The first kappa shape index (κ1) is 16.0. The first-order valence-electron chi connectivity index (χ1n) is 8.65. The summed E-state index contributed by atoms with van der Waals surface area (Å²) in [5, 5.41) is 8.71. The van der Waals surface area contributed by atoms with Gasteiger partial charge in [-0.25, -0.2) is 0 Å². The summed E-state index contributed by atoms with van der Waals surface area (Å²) in [5.41, 5.74) is 1.92. The van der Waals surface area contributed by atoms with Crippen LogP contribution in [0, 0.1) is 0 Å². The molecule has 0 aliphatic carbocycles. The summed E-state index contributed by atoms with van der Waals surface area (Å²) in [4.78, 5) is 6.69. The minimum Gasteiger partial charge on any atom is -0.494 e. The Morgan fingerprint density at radius 3 is 2.60 bits per heavy atom. The molecule has 0 bridgehead atoms. The Morgan fingerprint density at radius 1 is 1.04 bits per heavy atom. The van der Waals surface area contributed by atoms with Crippen LogP contribution in [-0.4, -0.2) is 62.0 Å². The maximum absolute atomic E-state index is 5.97. The van der Waals surface area contributed by atoms with Crippen LogP contribution < -0.4 is 19.3 Å². The second-order valence-electron chi connectivity index (χ2n) is 6.41. The highest BCUT2D eigenvalue weighted by atomic mass is 16.5. The minimum atomic E-state index is 0.529. The molecule has 2 aromatic rings. The second kappa shape index (κ2) is 6.40. The predicted molar refractivity (Wildman–Crippen MR) is 97.5 cm³/mol. The van der Waals surface area contributed by atoms with E-state index in [1.165, 1.54) is 0 Å². The summed E-state index contributed by atoms with van der Waals surface area (Å²) in [6, 6.07) is 7.93. The van der Waals surface area contributed by atoms with E-state index in [-0.39, 0.29) is 0 Å². The summed E-state index contributed by atoms with van der Waals surface area (Å²) in [6.45, 7) is 6.58. The molecule has 3 heterocycles. The van der Waals surface area contributed by atoms with Crippen molar-refractivity contribution in [1.29, 1.82) is 0 Å². The molecule has 0 atom stereocenters. The molecular weight excluding hydrogens is 318 g/mol. The molecule has 0 radical (unpaired) electrons. The number of aromatic nitrogens is 2. The molecule has 4 rings (SSSR count). The van der Waals surface area contributed by atoms with Crippen molar-refractivity contribution in [3.05, 3.63) is 24.3 Å². The van der Waals surface area contributed by atoms with E-state index in [4.69, 9.17) is 9.47 Å². The maximum Gasteiger partial charge on any atom is 0.263 e. The van der Waals surface area contributed by atoms with E-state index < -0.39 is 0 Å². The van der Waals surface area contributed by atoms with E-state index in [0.29, 0.717) is 12.5 Å². The van der Waals surface area contributed by atoms with Gasteiger partial charge < -0.3 is 24.2 Å². The van der Waals surface area contributed by atoms with Crippen molar-refractivity contribution in [3.8, 4) is 17.4 Å². The molecule has 0 unspecified atom stereocenters. The molecule has 0 spiro atoms. The van der Waals surface area contributed by atoms with Gasteiger partial charge in [0.15, 0.2) is 11.6 Å². The van der Waals surface area contributed by atoms with Crippen molar-refractivity contribution in [1.82, 2.24) is 15.1 Å². The van der Waals surface area contributed by atoms with Crippen LogP contribution in [0.3, 0.4) is 0 Å². The number of hydrogen-bond acceptors (Lipinski definition) is 7. The van der Waals surface area contributed by atoms with Gasteiger partial charge in [0.25, 0.3) is 5.88 Å². The molecule has 2 aliphatic heterocycles. The van der Waals surface area contributed by atoms with Gasteiger partial charge >= 0.3 is 0 Å². The highest BCUT2D eigenvalue weighted by Gasteiger charge is 2.26. The van der Waals surface area contributed by atoms with Gasteiger partial charge in [-0.1, -0.05) is 0 Å². The van der Waals surface area contributed by atoms with Crippen molar-refractivity contribution in [2.45, 2.75) is 6.92 Å². The zero-order valence-corrected chi connectivity index (χ0v) is 14.9. The van der Waals surface area contributed by atoms with Gasteiger partial charge in [-0.15, -0.1) is 10.2 Å². The summed E-state index contributed by atoms with van der Waals surface area (Å²) in [6.07, 6.45) is 0. The third kappa shape index (κ3) is 2.95. The molecule has 25 heavy (non-hydrogen) atoms. The van der Waals surface area contributed by atoms with Crippen LogP contribution in [0.1, 0.15) is 6.92 Å². The average Bonchev–Trinajstić information content (AvgIpc) is 2.62. The molecule has 2 aliphatic rings. The minimum absolute atomic E-state index is 0.529. The number of nitrogens with zero attached hydrogens (tertiary/aromatic N) is 5. The molecule has 0 saturated carbocycles. The lowest BCUT2D eigenvalue weighted by atomic mass is 10.2. The number of fused-ring (bicyclic) bond motifs is 2. The van der Waals surface area contributed by atoms with Crippen LogP contribution in [0.4, 0.5) is 17.2 Å². The van der Waals surface area contributed by atoms with E-state index in [1.54, 1.807) is 0 Å². The lowest BCUT2D eigenvalue weighted by Gasteiger charge is -2.34. The number of ether oxygens (including phenoxy) is 2. The van der Waals surface area contributed by atoms with E-state index >= 15 is 0 Å². The number of piperazine rings is 1. The third-order valence-electron chi connectivity index (χ3n) is 4.73. The van der Waals surface area contributed by atoms with Crippen LogP contribution in [-0.2, 0) is 0 Å². The van der Waals surface area contributed by atoms with Gasteiger partial charge in [-0.05, 0) is 26.1 Å². The molecule has 1 saturated heterocycles. The van der Waals surface area contributed by atoms with Crippen LogP contribution in [0.25, 0.3) is 0 Å². The van der Waals surface area contributed by atoms with Crippen molar-refractivity contribution in [2.24, 2.45) is 0 Å². The molecule has 1 fully saturated rings. The Bertz CT molecular complexity index is 774. The normalized spacial score (nSPS) is 16.9. The number of benzene rings is 1. The largest absolute Gasteiger partial charge is 0.494 e. The van der Waals surface area contributed by atoms with Crippen molar-refractivity contribution < 1.29 is 9.47 Å². The van der Waals surface area contributed by atoms with Crippen LogP contribution >= 0.6 is 0 Å². The van der Waals surface area contributed by atoms with Crippen molar-refractivity contribution >= 4 is 17.2 Å². The number of hydrogen-bond donors (Lipinski definition) is 0. The third-order valence-corrected chi connectivity index (χ3v) is 4.73. The quantitative estimate of drug-likeness (QED) is 0.850. The Labute approximate surface area is 147 Å². The first-order chi connectivity index (χ1) is 12.2. The summed E-state index contributed by atoms with van der Waals surface area (Å²) in [5.74, 6) is 2.96. The number of rotatable bonds is 3. The number of likely N-dealkylation sites (N-methyl/N-ethyl adjacent to an activating group) is 1. The van der Waals surface area contributed by atoms with Gasteiger partial charge in [-0.2, -0.15) is 0 Å². The molecule has 1 aromatic carbocycles. The van der Waals surface area contributed by atoms with Crippen molar-refractivity contribution in [3.63, 3.8) is 0 Å². The molecule has 0 N–H and O–H groups in total. The highest BCUT2D eigenvalue weighted by molar-refractivity contribution is 5.78. The topological polar surface area (TPSA) is 54.0 Å². The maximum atomic E-state index is 5.97.